The first-order chi connectivity index (χ1) is 19.5. The lowest BCUT2D eigenvalue weighted by molar-refractivity contribution is -0.111. The third-order valence-corrected chi connectivity index (χ3v) is 6.98. The Hall–Kier alpha value is -4.90. The van der Waals surface area contributed by atoms with Gasteiger partial charge in [0, 0.05) is 32.4 Å². The van der Waals surface area contributed by atoms with Gasteiger partial charge in [-0.25, -0.2) is 14.6 Å². The molecular formula is C29H30N8O3. The number of aromatic nitrogens is 4. The summed E-state index contributed by atoms with van der Waals surface area (Å²) in [6.45, 7) is 6.95. The molecule has 2 aliphatic heterocycles. The van der Waals surface area contributed by atoms with Crippen LogP contribution in [0.4, 0.5) is 28.7 Å². The van der Waals surface area contributed by atoms with Crippen molar-refractivity contribution in [2.75, 3.05) is 60.9 Å². The maximum absolute atomic E-state index is 12.3. The van der Waals surface area contributed by atoms with Crippen molar-refractivity contribution in [2.45, 2.75) is 6.54 Å². The number of nitrogens with one attached hydrogen (secondary N) is 2. The molecule has 0 saturated carbocycles. The van der Waals surface area contributed by atoms with Crippen molar-refractivity contribution >= 4 is 34.6 Å². The summed E-state index contributed by atoms with van der Waals surface area (Å²) in [5, 5.41) is 11.1. The van der Waals surface area contributed by atoms with E-state index in [2.05, 4.69) is 57.2 Å². The molecule has 4 heterocycles. The highest BCUT2D eigenvalue weighted by Crippen LogP contribution is 2.39. The molecule has 1 saturated heterocycles. The van der Waals surface area contributed by atoms with Gasteiger partial charge >= 0.3 is 0 Å². The Morgan fingerprint density at radius 3 is 2.62 bits per heavy atom. The zero-order valence-electron chi connectivity index (χ0n) is 22.4. The first-order valence-electron chi connectivity index (χ1n) is 13.0. The molecule has 2 aliphatic rings. The van der Waals surface area contributed by atoms with E-state index in [-0.39, 0.29) is 5.91 Å². The van der Waals surface area contributed by atoms with E-state index < -0.39 is 0 Å². The van der Waals surface area contributed by atoms with Crippen LogP contribution in [0, 0.1) is 0 Å². The predicted octanol–water partition coefficient (Wildman–Crippen LogP) is 3.99. The quantitative estimate of drug-likeness (QED) is 0.338. The molecule has 0 bridgehead atoms. The van der Waals surface area contributed by atoms with Gasteiger partial charge in [-0.05, 0) is 36.4 Å². The largest absolute Gasteiger partial charge is 0.494 e. The average molecular weight is 539 g/mol. The molecule has 0 atom stereocenters. The Bertz CT molecular complexity index is 1580. The number of carbonyl (C=O) groups is 1. The number of morpholine rings is 1. The van der Waals surface area contributed by atoms with Crippen molar-refractivity contribution in [1.82, 2.24) is 19.7 Å². The lowest BCUT2D eigenvalue weighted by Crippen LogP contribution is -2.36. The van der Waals surface area contributed by atoms with Crippen molar-refractivity contribution in [1.29, 1.82) is 0 Å². The van der Waals surface area contributed by atoms with Gasteiger partial charge in [0.15, 0.2) is 0 Å². The van der Waals surface area contributed by atoms with E-state index in [1.165, 1.54) is 6.08 Å². The van der Waals surface area contributed by atoms with Gasteiger partial charge in [0.05, 0.1) is 66.7 Å². The molecule has 11 nitrogen and oxygen atoms in total. The maximum Gasteiger partial charge on any atom is 0.247 e. The SMILES string of the molecule is C=CC(=O)Nc1cc(Nc2nccc(-c3cc4n(n3)-c3ccccc3N(C)C4)n2)c(OC)cc1N1CCOCC1. The summed E-state index contributed by atoms with van der Waals surface area (Å²) in [6.07, 6.45) is 2.94. The highest BCUT2D eigenvalue weighted by molar-refractivity contribution is 6.02. The second-order valence-electron chi connectivity index (χ2n) is 9.53. The van der Waals surface area contributed by atoms with Crippen LogP contribution in [-0.4, -0.2) is 66.1 Å². The lowest BCUT2D eigenvalue weighted by atomic mass is 10.1. The van der Waals surface area contributed by atoms with Gasteiger partial charge in [-0.15, -0.1) is 0 Å². The number of carbonyl (C=O) groups excluding carboxylic acids is 1. The summed E-state index contributed by atoms with van der Waals surface area (Å²) in [4.78, 5) is 25.8. The summed E-state index contributed by atoms with van der Waals surface area (Å²) >= 11 is 0. The van der Waals surface area contributed by atoms with Gasteiger partial charge in [-0.1, -0.05) is 18.7 Å². The van der Waals surface area contributed by atoms with Crippen LogP contribution in [0.15, 0.2) is 67.4 Å². The Balaban J connectivity index is 1.33. The molecule has 11 heteroatoms. The molecule has 204 valence electrons. The standard InChI is InChI=1S/C29H30N8O3/c1-4-28(38)31-22-16-23(27(39-3)17-26(22)36-11-13-40-14-12-36)33-29-30-10-9-20(32-29)21-15-19-18-35(2)24-7-5-6-8-25(24)37(19)34-21/h4-10,15-17H,1,11-14,18H2,2-3H3,(H,31,38)(H,30,32,33). The van der Waals surface area contributed by atoms with Crippen molar-refractivity contribution in [3.8, 4) is 22.8 Å². The minimum Gasteiger partial charge on any atom is -0.494 e. The molecule has 1 amide bonds. The van der Waals surface area contributed by atoms with Gasteiger partial charge in [0.2, 0.25) is 11.9 Å². The zero-order valence-corrected chi connectivity index (χ0v) is 22.4. The average Bonchev–Trinajstić information content (AvgIpc) is 3.42. The third kappa shape index (κ3) is 4.82. The summed E-state index contributed by atoms with van der Waals surface area (Å²) in [5.74, 6) is 0.656. The summed E-state index contributed by atoms with van der Waals surface area (Å²) < 4.78 is 13.2. The molecule has 4 aromatic rings. The second kappa shape index (κ2) is 10.7. The summed E-state index contributed by atoms with van der Waals surface area (Å²) in [7, 11) is 3.68. The Morgan fingerprint density at radius 2 is 1.85 bits per heavy atom. The monoisotopic (exact) mass is 538 g/mol. The fourth-order valence-corrected chi connectivity index (χ4v) is 5.03. The van der Waals surface area contributed by atoms with Crippen LogP contribution >= 0.6 is 0 Å². The number of benzene rings is 2. The van der Waals surface area contributed by atoms with Crippen molar-refractivity contribution < 1.29 is 14.3 Å². The minimum atomic E-state index is -0.306. The van der Waals surface area contributed by atoms with E-state index >= 15 is 0 Å². The molecule has 2 aromatic heterocycles. The van der Waals surface area contributed by atoms with Crippen LogP contribution < -0.4 is 25.2 Å². The van der Waals surface area contributed by atoms with Gasteiger partial charge in [0.1, 0.15) is 11.4 Å². The van der Waals surface area contributed by atoms with E-state index in [1.54, 1.807) is 13.3 Å². The predicted molar refractivity (Wildman–Crippen MR) is 155 cm³/mol. The molecule has 2 aromatic carbocycles. The Morgan fingerprint density at radius 1 is 1.05 bits per heavy atom. The van der Waals surface area contributed by atoms with Crippen molar-refractivity contribution in [2.24, 2.45) is 0 Å². The van der Waals surface area contributed by atoms with Crippen molar-refractivity contribution in [3.63, 3.8) is 0 Å². The fraction of sp³-hybridized carbons (Fsp3) is 0.241. The van der Waals surface area contributed by atoms with E-state index in [9.17, 15) is 4.79 Å². The second-order valence-corrected chi connectivity index (χ2v) is 9.53. The third-order valence-electron chi connectivity index (χ3n) is 6.98. The van der Waals surface area contributed by atoms with E-state index in [1.807, 2.05) is 35.0 Å². The number of ether oxygens (including phenoxy) is 2. The number of amides is 1. The normalized spacial score (nSPS) is 14.2. The van der Waals surface area contributed by atoms with Crippen molar-refractivity contribution in [3.05, 3.63) is 73.1 Å². The number of para-hydroxylation sites is 2. The molecule has 0 aliphatic carbocycles. The van der Waals surface area contributed by atoms with Crippen LogP contribution in [0.1, 0.15) is 5.69 Å². The number of hydrogen-bond donors (Lipinski definition) is 2. The number of anilines is 5. The first-order valence-corrected chi connectivity index (χ1v) is 13.0. The number of methoxy groups -OCH3 is 1. The molecule has 1 fully saturated rings. The van der Waals surface area contributed by atoms with Gasteiger partial charge < -0.3 is 29.9 Å². The van der Waals surface area contributed by atoms with Crippen LogP contribution in [0.2, 0.25) is 0 Å². The summed E-state index contributed by atoms with van der Waals surface area (Å²) in [5.41, 5.74) is 6.73. The first kappa shape index (κ1) is 25.4. The van der Waals surface area contributed by atoms with Crippen LogP contribution in [0.25, 0.3) is 17.1 Å². The minimum absolute atomic E-state index is 0.306. The Kier molecular flexibility index (Phi) is 6.79. The molecule has 0 unspecified atom stereocenters. The van der Waals surface area contributed by atoms with E-state index in [4.69, 9.17) is 19.6 Å². The number of fused-ring (bicyclic) bond motifs is 3. The van der Waals surface area contributed by atoms with Gasteiger partial charge in [-0.3, -0.25) is 4.79 Å². The topological polar surface area (TPSA) is 110 Å². The Labute approximate surface area is 232 Å². The highest BCUT2D eigenvalue weighted by atomic mass is 16.5. The fourth-order valence-electron chi connectivity index (χ4n) is 5.03. The van der Waals surface area contributed by atoms with Gasteiger partial charge in [-0.2, -0.15) is 5.10 Å². The lowest BCUT2D eigenvalue weighted by Gasteiger charge is -2.31. The molecule has 0 spiro atoms. The zero-order chi connectivity index (χ0) is 27.6. The summed E-state index contributed by atoms with van der Waals surface area (Å²) in [6, 6.07) is 15.8. The highest BCUT2D eigenvalue weighted by Gasteiger charge is 2.23. The van der Waals surface area contributed by atoms with Crippen LogP contribution in [0.3, 0.4) is 0 Å². The molecule has 0 radical (unpaired) electrons. The van der Waals surface area contributed by atoms with Crippen LogP contribution in [0.5, 0.6) is 5.75 Å². The molecular weight excluding hydrogens is 508 g/mol. The van der Waals surface area contributed by atoms with Gasteiger partial charge in [0.25, 0.3) is 0 Å². The number of nitrogens with zero attached hydrogens (tertiary/aromatic N) is 6. The smallest absolute Gasteiger partial charge is 0.247 e. The molecule has 6 rings (SSSR count). The maximum atomic E-state index is 12.3. The number of hydrogen-bond acceptors (Lipinski definition) is 9. The van der Waals surface area contributed by atoms with Crippen LogP contribution in [-0.2, 0) is 16.1 Å². The molecule has 2 N–H and O–H groups in total. The number of rotatable bonds is 7. The van der Waals surface area contributed by atoms with E-state index in [0.717, 1.165) is 35.0 Å². The van der Waals surface area contributed by atoms with E-state index in [0.29, 0.717) is 55.1 Å². The molecule has 40 heavy (non-hydrogen) atoms.